The van der Waals surface area contributed by atoms with Crippen molar-refractivity contribution >= 4 is 0 Å². The van der Waals surface area contributed by atoms with E-state index in [0.717, 1.165) is 5.92 Å². The molecule has 0 aromatic heterocycles. The normalized spacial score (nSPS) is 12.5. The molecule has 0 bridgehead atoms. The molecule has 0 aliphatic carbocycles. The number of hydrogen-bond donors (Lipinski definition) is 0. The molecule has 170 valence electrons. The van der Waals surface area contributed by atoms with Crippen LogP contribution in [0, 0.1) is 5.92 Å². The van der Waals surface area contributed by atoms with Crippen molar-refractivity contribution in [2.24, 2.45) is 5.92 Å². The molecule has 0 nitrogen and oxygen atoms in total. The molecule has 0 spiro atoms. The number of unbranched alkanes of at least 4 members (excludes halogenated alkanes) is 20. The summed E-state index contributed by atoms with van der Waals surface area (Å²) in [6.07, 6.45) is 35.3. The topological polar surface area (TPSA) is 0 Å². The summed E-state index contributed by atoms with van der Waals surface area (Å²) in [5, 5.41) is 0. The lowest BCUT2D eigenvalue weighted by Gasteiger charge is -2.11. The maximum Gasteiger partial charge on any atom is -0.0443 e. The van der Waals surface area contributed by atoms with E-state index in [-0.39, 0.29) is 0 Å². The van der Waals surface area contributed by atoms with Crippen LogP contribution in [0.3, 0.4) is 0 Å². The van der Waals surface area contributed by atoms with Crippen molar-refractivity contribution in [1.82, 2.24) is 0 Å². The average Bonchev–Trinajstić information content (AvgIpc) is 2.70. The van der Waals surface area contributed by atoms with E-state index in [1.807, 2.05) is 0 Å². The molecule has 0 N–H and O–H groups in total. The summed E-state index contributed by atoms with van der Waals surface area (Å²) >= 11 is 0. The van der Waals surface area contributed by atoms with E-state index in [4.69, 9.17) is 0 Å². The van der Waals surface area contributed by atoms with Crippen LogP contribution < -0.4 is 0 Å². The zero-order valence-corrected chi connectivity index (χ0v) is 20.5. The van der Waals surface area contributed by atoms with Crippen molar-refractivity contribution in [1.29, 1.82) is 0 Å². The quantitative estimate of drug-likeness (QED) is 0.143. The minimum absolute atomic E-state index is 0.970. The van der Waals surface area contributed by atoms with Gasteiger partial charge in [0.2, 0.25) is 0 Å². The Balaban J connectivity index is 3.10. The van der Waals surface area contributed by atoms with Crippen molar-refractivity contribution in [3.05, 3.63) is 0 Å². The van der Waals surface area contributed by atoms with Gasteiger partial charge in [0.25, 0.3) is 0 Å². The van der Waals surface area contributed by atoms with E-state index in [9.17, 15) is 0 Å². The minimum Gasteiger partial charge on any atom is -0.0654 e. The molecular weight excluding hydrogens is 336 g/mol. The number of rotatable bonds is 24. The highest BCUT2D eigenvalue weighted by Gasteiger charge is 2.02. The number of hydrogen-bond acceptors (Lipinski definition) is 0. The van der Waals surface area contributed by atoms with Crippen LogP contribution in [0.4, 0.5) is 0 Å². The third-order valence-corrected chi connectivity index (χ3v) is 6.60. The van der Waals surface area contributed by atoms with E-state index in [1.165, 1.54) is 154 Å². The first-order valence-electron chi connectivity index (χ1n) is 13.8. The van der Waals surface area contributed by atoms with Gasteiger partial charge in [0.05, 0.1) is 0 Å². The van der Waals surface area contributed by atoms with Crippen LogP contribution in [0.15, 0.2) is 0 Å². The van der Waals surface area contributed by atoms with E-state index >= 15 is 0 Å². The Bertz CT molecular complexity index is 257. The average molecular weight is 395 g/mol. The maximum absolute atomic E-state index is 2.49. The summed E-state index contributed by atoms with van der Waals surface area (Å²) in [6, 6.07) is 0. The zero-order chi connectivity index (χ0) is 20.5. The van der Waals surface area contributed by atoms with Gasteiger partial charge in [0, 0.05) is 0 Å². The lowest BCUT2D eigenvalue weighted by molar-refractivity contribution is 0.430. The van der Waals surface area contributed by atoms with Gasteiger partial charge in [-0.15, -0.1) is 0 Å². The molecule has 0 heterocycles. The Morgan fingerprint density at radius 1 is 0.321 bits per heavy atom. The van der Waals surface area contributed by atoms with Gasteiger partial charge in [0.1, 0.15) is 0 Å². The molecule has 1 atom stereocenters. The monoisotopic (exact) mass is 394 g/mol. The van der Waals surface area contributed by atoms with Gasteiger partial charge in [-0.25, -0.2) is 0 Å². The van der Waals surface area contributed by atoms with Crippen molar-refractivity contribution < 1.29 is 0 Å². The van der Waals surface area contributed by atoms with Crippen molar-refractivity contribution in [2.45, 2.75) is 175 Å². The molecule has 0 heteroatoms. The van der Waals surface area contributed by atoms with Crippen LogP contribution in [0.1, 0.15) is 175 Å². The van der Waals surface area contributed by atoms with Crippen LogP contribution in [0.2, 0.25) is 0 Å². The fraction of sp³-hybridized carbons (Fsp3) is 1.00. The summed E-state index contributed by atoms with van der Waals surface area (Å²) in [5.41, 5.74) is 0. The highest BCUT2D eigenvalue weighted by atomic mass is 14.1. The van der Waals surface area contributed by atoms with Crippen LogP contribution >= 0.6 is 0 Å². The lowest BCUT2D eigenvalue weighted by Crippen LogP contribution is -1.95. The van der Waals surface area contributed by atoms with Gasteiger partial charge >= 0.3 is 0 Å². The predicted molar refractivity (Wildman–Crippen MR) is 131 cm³/mol. The first kappa shape index (κ1) is 28.0. The smallest absolute Gasteiger partial charge is 0.0443 e. The first-order valence-corrected chi connectivity index (χ1v) is 13.8. The Morgan fingerprint density at radius 3 is 0.786 bits per heavy atom. The molecule has 0 amide bonds. The van der Waals surface area contributed by atoms with E-state index in [2.05, 4.69) is 20.8 Å². The standard InChI is InChI=1S/C28H58/c1-4-6-8-10-12-13-14-15-16-17-18-19-21-23-25-27-28(3)26-24-22-20-11-9-7-5-2/h28H,4-27H2,1-3H3/t28-/m1/s1. The summed E-state index contributed by atoms with van der Waals surface area (Å²) in [5.74, 6) is 0.970. The molecule has 0 radical (unpaired) electrons. The van der Waals surface area contributed by atoms with Gasteiger partial charge < -0.3 is 0 Å². The Morgan fingerprint density at radius 2 is 0.536 bits per heavy atom. The fourth-order valence-electron chi connectivity index (χ4n) is 4.46. The molecule has 0 aliphatic rings. The van der Waals surface area contributed by atoms with Crippen LogP contribution in [0.5, 0.6) is 0 Å². The Labute approximate surface area is 181 Å². The summed E-state index contributed by atoms with van der Waals surface area (Å²) in [7, 11) is 0. The second-order valence-corrected chi connectivity index (χ2v) is 9.75. The molecule has 0 saturated heterocycles. The second kappa shape index (κ2) is 25.0. The SMILES string of the molecule is CCCCCCCCCCCCCCCCC[C@H](C)CCCCCCCCC. The molecule has 0 fully saturated rings. The zero-order valence-electron chi connectivity index (χ0n) is 20.5. The van der Waals surface area contributed by atoms with Crippen LogP contribution in [-0.4, -0.2) is 0 Å². The third kappa shape index (κ3) is 24.0. The van der Waals surface area contributed by atoms with Crippen molar-refractivity contribution in [3.8, 4) is 0 Å². The maximum atomic E-state index is 2.49. The predicted octanol–water partition coefficient (Wildman–Crippen LogP) is 11.0. The highest BCUT2D eigenvalue weighted by molar-refractivity contribution is 4.56. The first-order chi connectivity index (χ1) is 13.8. The van der Waals surface area contributed by atoms with Gasteiger partial charge in [0.15, 0.2) is 0 Å². The summed E-state index contributed by atoms with van der Waals surface area (Å²) < 4.78 is 0. The van der Waals surface area contributed by atoms with E-state index < -0.39 is 0 Å². The lowest BCUT2D eigenvalue weighted by atomic mass is 9.95. The third-order valence-electron chi connectivity index (χ3n) is 6.60. The van der Waals surface area contributed by atoms with Gasteiger partial charge in [-0.2, -0.15) is 0 Å². The Hall–Kier alpha value is 0. The molecule has 0 aromatic carbocycles. The highest BCUT2D eigenvalue weighted by Crippen LogP contribution is 2.19. The molecule has 0 rings (SSSR count). The van der Waals surface area contributed by atoms with Crippen LogP contribution in [0.25, 0.3) is 0 Å². The second-order valence-electron chi connectivity index (χ2n) is 9.75. The molecule has 28 heavy (non-hydrogen) atoms. The van der Waals surface area contributed by atoms with Gasteiger partial charge in [-0.05, 0) is 5.92 Å². The summed E-state index contributed by atoms with van der Waals surface area (Å²) in [6.45, 7) is 7.10. The molecule has 0 aromatic rings. The van der Waals surface area contributed by atoms with E-state index in [0.29, 0.717) is 0 Å². The minimum atomic E-state index is 0.970. The molecule has 0 saturated carbocycles. The molecular formula is C28H58. The van der Waals surface area contributed by atoms with Crippen molar-refractivity contribution in [3.63, 3.8) is 0 Å². The molecule has 0 unspecified atom stereocenters. The molecule has 0 aliphatic heterocycles. The largest absolute Gasteiger partial charge is 0.0654 e. The van der Waals surface area contributed by atoms with E-state index in [1.54, 1.807) is 0 Å². The summed E-state index contributed by atoms with van der Waals surface area (Å²) in [4.78, 5) is 0. The Kier molecular flexibility index (Phi) is 25.0. The fourth-order valence-corrected chi connectivity index (χ4v) is 4.46. The van der Waals surface area contributed by atoms with Gasteiger partial charge in [-0.3, -0.25) is 0 Å². The van der Waals surface area contributed by atoms with Crippen LogP contribution in [-0.2, 0) is 0 Å². The van der Waals surface area contributed by atoms with Crippen molar-refractivity contribution in [2.75, 3.05) is 0 Å². The van der Waals surface area contributed by atoms with Gasteiger partial charge in [-0.1, -0.05) is 175 Å².